The number of aromatic nitrogens is 1. The fourth-order valence-corrected chi connectivity index (χ4v) is 4.64. The van der Waals surface area contributed by atoms with Gasteiger partial charge in [-0.25, -0.2) is 4.98 Å². The van der Waals surface area contributed by atoms with Crippen LogP contribution in [0, 0.1) is 0 Å². The molecule has 0 atom stereocenters. The van der Waals surface area contributed by atoms with Crippen LogP contribution in [-0.2, 0) is 0 Å². The SMILES string of the molecule is Nc1cc(N2CCN(C(=S)NC3CCCCC3)CC2)c2ccc(Cl)cc2n1. The van der Waals surface area contributed by atoms with Crippen molar-refractivity contribution in [2.24, 2.45) is 0 Å². The molecule has 1 saturated heterocycles. The summed E-state index contributed by atoms with van der Waals surface area (Å²) < 4.78 is 0. The largest absolute Gasteiger partial charge is 0.384 e. The van der Waals surface area contributed by atoms with Crippen molar-refractivity contribution in [3.05, 3.63) is 29.3 Å². The highest BCUT2D eigenvalue weighted by molar-refractivity contribution is 7.80. The van der Waals surface area contributed by atoms with E-state index >= 15 is 0 Å². The monoisotopic (exact) mass is 403 g/mol. The lowest BCUT2D eigenvalue weighted by Gasteiger charge is -2.39. The van der Waals surface area contributed by atoms with Crippen molar-refractivity contribution in [3.63, 3.8) is 0 Å². The summed E-state index contributed by atoms with van der Waals surface area (Å²) in [6.07, 6.45) is 6.47. The van der Waals surface area contributed by atoms with Crippen molar-refractivity contribution in [1.82, 2.24) is 15.2 Å². The molecule has 1 aromatic carbocycles. The summed E-state index contributed by atoms with van der Waals surface area (Å²) in [6, 6.07) is 8.32. The van der Waals surface area contributed by atoms with Crippen LogP contribution in [-0.4, -0.2) is 47.2 Å². The highest BCUT2D eigenvalue weighted by atomic mass is 35.5. The van der Waals surface area contributed by atoms with Crippen molar-refractivity contribution >= 4 is 51.3 Å². The summed E-state index contributed by atoms with van der Waals surface area (Å²) in [5.74, 6) is 0.525. The van der Waals surface area contributed by atoms with Gasteiger partial charge in [-0.05, 0) is 43.3 Å². The zero-order valence-corrected chi connectivity index (χ0v) is 17.0. The minimum Gasteiger partial charge on any atom is -0.384 e. The number of anilines is 2. The highest BCUT2D eigenvalue weighted by Crippen LogP contribution is 2.30. The Bertz CT molecular complexity index is 823. The van der Waals surface area contributed by atoms with Gasteiger partial charge in [0.05, 0.1) is 5.52 Å². The van der Waals surface area contributed by atoms with Gasteiger partial charge in [0.25, 0.3) is 0 Å². The van der Waals surface area contributed by atoms with Gasteiger partial charge in [0, 0.05) is 54.4 Å². The topological polar surface area (TPSA) is 57.4 Å². The van der Waals surface area contributed by atoms with Gasteiger partial charge in [-0.1, -0.05) is 30.9 Å². The number of hydrogen-bond donors (Lipinski definition) is 2. The maximum Gasteiger partial charge on any atom is 0.169 e. The maximum absolute atomic E-state index is 6.12. The van der Waals surface area contributed by atoms with Crippen molar-refractivity contribution in [3.8, 4) is 0 Å². The second-order valence-corrected chi connectivity index (χ2v) is 8.31. The van der Waals surface area contributed by atoms with E-state index in [4.69, 9.17) is 29.6 Å². The van der Waals surface area contributed by atoms with Gasteiger partial charge in [-0.15, -0.1) is 0 Å². The molecule has 2 heterocycles. The normalized spacial score (nSPS) is 18.7. The molecule has 0 amide bonds. The van der Waals surface area contributed by atoms with E-state index in [0.29, 0.717) is 16.9 Å². The summed E-state index contributed by atoms with van der Waals surface area (Å²) in [6.45, 7) is 3.65. The Morgan fingerprint density at radius 3 is 2.59 bits per heavy atom. The lowest BCUT2D eigenvalue weighted by Crippen LogP contribution is -2.53. The highest BCUT2D eigenvalue weighted by Gasteiger charge is 2.23. The summed E-state index contributed by atoms with van der Waals surface area (Å²) >= 11 is 11.8. The van der Waals surface area contributed by atoms with E-state index in [2.05, 4.69) is 20.1 Å². The maximum atomic E-state index is 6.12. The Hall–Kier alpha value is -1.79. The molecule has 0 spiro atoms. The zero-order valence-electron chi connectivity index (χ0n) is 15.5. The molecule has 0 bridgehead atoms. The van der Waals surface area contributed by atoms with Crippen LogP contribution in [0.4, 0.5) is 11.5 Å². The molecule has 2 aromatic rings. The number of hydrogen-bond acceptors (Lipinski definition) is 4. The Kier molecular flexibility index (Phi) is 5.55. The minimum atomic E-state index is 0.525. The third-order valence-corrected chi connectivity index (χ3v) is 6.22. The van der Waals surface area contributed by atoms with E-state index in [1.165, 1.54) is 32.1 Å². The average Bonchev–Trinajstić information content (AvgIpc) is 2.68. The molecule has 4 rings (SSSR count). The number of rotatable bonds is 2. The summed E-state index contributed by atoms with van der Waals surface area (Å²) in [7, 11) is 0. The molecular formula is C20H26ClN5S. The molecule has 0 radical (unpaired) electrons. The molecule has 2 aliphatic rings. The number of nitrogen functional groups attached to an aromatic ring is 1. The molecule has 1 aliphatic heterocycles. The predicted octanol–water partition coefficient (Wildman–Crippen LogP) is 3.80. The van der Waals surface area contributed by atoms with E-state index < -0.39 is 0 Å². The van der Waals surface area contributed by atoms with E-state index in [1.54, 1.807) is 0 Å². The Labute approximate surface area is 170 Å². The molecule has 144 valence electrons. The van der Waals surface area contributed by atoms with Crippen LogP contribution in [0.1, 0.15) is 32.1 Å². The zero-order chi connectivity index (χ0) is 18.8. The average molecular weight is 404 g/mol. The van der Waals surface area contributed by atoms with Crippen LogP contribution in [0.3, 0.4) is 0 Å². The summed E-state index contributed by atoms with van der Waals surface area (Å²) in [5, 5.41) is 6.26. The van der Waals surface area contributed by atoms with Crippen molar-refractivity contribution in [2.45, 2.75) is 38.1 Å². The van der Waals surface area contributed by atoms with Crippen molar-refractivity contribution in [2.75, 3.05) is 36.8 Å². The quantitative estimate of drug-likeness (QED) is 0.744. The number of thiocarbonyl (C=S) groups is 1. The standard InChI is InChI=1S/C20H26ClN5S/c21-14-6-7-16-17(12-14)24-19(22)13-18(16)25-8-10-26(11-9-25)20(27)23-15-4-2-1-3-5-15/h6-7,12-13,15H,1-5,8-11H2,(H2,22,24)(H,23,27). The second kappa shape index (κ2) is 8.07. The van der Waals surface area contributed by atoms with Gasteiger partial charge in [-0.2, -0.15) is 0 Å². The Morgan fingerprint density at radius 2 is 1.85 bits per heavy atom. The lowest BCUT2D eigenvalue weighted by atomic mass is 9.96. The van der Waals surface area contributed by atoms with Crippen molar-refractivity contribution < 1.29 is 0 Å². The van der Waals surface area contributed by atoms with Crippen LogP contribution in [0.25, 0.3) is 10.9 Å². The number of piperazine rings is 1. The number of nitrogens with one attached hydrogen (secondary N) is 1. The second-order valence-electron chi connectivity index (χ2n) is 7.49. The third kappa shape index (κ3) is 4.22. The smallest absolute Gasteiger partial charge is 0.169 e. The molecule has 3 N–H and O–H groups in total. The van der Waals surface area contributed by atoms with Crippen LogP contribution in [0.15, 0.2) is 24.3 Å². The molecular weight excluding hydrogens is 378 g/mol. The predicted molar refractivity (Wildman–Crippen MR) is 118 cm³/mol. The van der Waals surface area contributed by atoms with Gasteiger partial charge in [-0.3, -0.25) is 0 Å². The van der Waals surface area contributed by atoms with Gasteiger partial charge >= 0.3 is 0 Å². The number of pyridine rings is 1. The molecule has 1 aromatic heterocycles. The first-order chi connectivity index (χ1) is 13.1. The van der Waals surface area contributed by atoms with Gasteiger partial charge in [0.2, 0.25) is 0 Å². The Morgan fingerprint density at radius 1 is 1.11 bits per heavy atom. The molecule has 2 fully saturated rings. The van der Waals surface area contributed by atoms with Crippen LogP contribution in [0.5, 0.6) is 0 Å². The fourth-order valence-electron chi connectivity index (χ4n) is 4.13. The first-order valence-corrected chi connectivity index (χ1v) is 10.5. The first-order valence-electron chi connectivity index (χ1n) is 9.76. The lowest BCUT2D eigenvalue weighted by molar-refractivity contribution is 0.355. The molecule has 5 nitrogen and oxygen atoms in total. The molecule has 1 aliphatic carbocycles. The molecule has 1 saturated carbocycles. The van der Waals surface area contributed by atoms with E-state index in [-0.39, 0.29) is 0 Å². The fraction of sp³-hybridized carbons (Fsp3) is 0.500. The van der Waals surface area contributed by atoms with Crippen LogP contribution < -0.4 is 16.0 Å². The first kappa shape index (κ1) is 18.6. The number of benzene rings is 1. The van der Waals surface area contributed by atoms with E-state index in [9.17, 15) is 0 Å². The molecule has 7 heteroatoms. The third-order valence-electron chi connectivity index (χ3n) is 5.61. The van der Waals surface area contributed by atoms with Crippen LogP contribution >= 0.6 is 23.8 Å². The van der Waals surface area contributed by atoms with Crippen molar-refractivity contribution in [1.29, 1.82) is 0 Å². The van der Waals surface area contributed by atoms with Gasteiger partial charge in [0.15, 0.2) is 5.11 Å². The van der Waals surface area contributed by atoms with Crippen LogP contribution in [0.2, 0.25) is 5.02 Å². The summed E-state index contributed by atoms with van der Waals surface area (Å²) in [4.78, 5) is 9.09. The molecule has 0 unspecified atom stereocenters. The number of nitrogens with zero attached hydrogens (tertiary/aromatic N) is 3. The van der Waals surface area contributed by atoms with E-state index in [1.807, 2.05) is 24.3 Å². The number of nitrogens with two attached hydrogens (primary N) is 1. The van der Waals surface area contributed by atoms with Gasteiger partial charge in [0.1, 0.15) is 5.82 Å². The number of halogens is 1. The number of fused-ring (bicyclic) bond motifs is 1. The van der Waals surface area contributed by atoms with Gasteiger partial charge < -0.3 is 20.9 Å². The summed E-state index contributed by atoms with van der Waals surface area (Å²) in [5.41, 5.74) is 8.01. The Balaban J connectivity index is 1.43. The van der Waals surface area contributed by atoms with E-state index in [0.717, 1.165) is 47.9 Å². The minimum absolute atomic E-state index is 0.525. The molecule has 27 heavy (non-hydrogen) atoms.